The van der Waals surface area contributed by atoms with Gasteiger partial charge in [0.1, 0.15) is 18.4 Å². The van der Waals surface area contributed by atoms with Gasteiger partial charge < -0.3 is 9.47 Å². The van der Waals surface area contributed by atoms with Crippen LogP contribution in [-0.2, 0) is 9.53 Å². The Balaban J connectivity index is 1.86. The van der Waals surface area contributed by atoms with Crippen LogP contribution >= 0.6 is 22.7 Å². The van der Waals surface area contributed by atoms with E-state index in [9.17, 15) is 9.59 Å². The van der Waals surface area contributed by atoms with E-state index in [4.69, 9.17) is 9.47 Å². The zero-order valence-corrected chi connectivity index (χ0v) is 19.4. The van der Waals surface area contributed by atoms with Gasteiger partial charge in [-0.1, -0.05) is 42.2 Å². The molecule has 2 aromatic heterocycles. The second-order valence-corrected chi connectivity index (χ2v) is 8.98. The van der Waals surface area contributed by atoms with Gasteiger partial charge in [0.15, 0.2) is 4.80 Å². The maximum absolute atomic E-state index is 13.5. The number of esters is 1. The lowest BCUT2D eigenvalue weighted by Gasteiger charge is -2.23. The molecule has 1 aliphatic rings. The van der Waals surface area contributed by atoms with E-state index < -0.39 is 12.0 Å². The number of allylic oxidation sites excluding steroid dienone is 1. The number of thiophene rings is 1. The topological polar surface area (TPSA) is 69.9 Å². The predicted octanol–water partition coefficient (Wildman–Crippen LogP) is 3.42. The summed E-state index contributed by atoms with van der Waals surface area (Å²) in [5.41, 5.74) is 1.60. The molecule has 0 fully saturated rings. The van der Waals surface area contributed by atoms with Crippen LogP contribution in [0.2, 0.25) is 0 Å². The molecule has 0 bridgehead atoms. The Kier molecular flexibility index (Phi) is 6.53. The number of thiazole rings is 1. The molecule has 1 aliphatic heterocycles. The molecule has 8 heteroatoms. The van der Waals surface area contributed by atoms with Crippen LogP contribution in [0.1, 0.15) is 30.3 Å². The number of carbonyl (C=O) groups excluding carboxylic acids is 1. The summed E-state index contributed by atoms with van der Waals surface area (Å²) in [7, 11) is 0. The van der Waals surface area contributed by atoms with Gasteiger partial charge in [0.2, 0.25) is 0 Å². The summed E-state index contributed by atoms with van der Waals surface area (Å²) in [6.45, 7) is 7.86. The lowest BCUT2D eigenvalue weighted by Crippen LogP contribution is -2.39. The normalized spacial score (nSPS) is 15.8. The zero-order valence-electron chi connectivity index (χ0n) is 17.7. The van der Waals surface area contributed by atoms with Crippen LogP contribution in [0.25, 0.3) is 6.08 Å². The van der Waals surface area contributed by atoms with Crippen molar-refractivity contribution >= 4 is 34.7 Å². The quantitative estimate of drug-likeness (QED) is 0.395. The predicted molar refractivity (Wildman–Crippen MR) is 127 cm³/mol. The van der Waals surface area contributed by atoms with Crippen LogP contribution in [0.4, 0.5) is 0 Å². The fraction of sp³-hybridized carbons (Fsp3) is 0.208. The zero-order chi connectivity index (χ0) is 22.7. The maximum atomic E-state index is 13.5. The summed E-state index contributed by atoms with van der Waals surface area (Å²) in [6.07, 6.45) is 3.50. The highest BCUT2D eigenvalue weighted by Gasteiger charge is 2.33. The highest BCUT2D eigenvalue weighted by Crippen LogP contribution is 2.33. The molecule has 0 spiro atoms. The van der Waals surface area contributed by atoms with Gasteiger partial charge in [-0.2, -0.15) is 0 Å². The molecule has 0 unspecified atom stereocenters. The number of hydrogen-bond acceptors (Lipinski definition) is 7. The molecule has 4 rings (SSSR count). The second kappa shape index (κ2) is 9.50. The number of aromatic nitrogens is 1. The van der Waals surface area contributed by atoms with Crippen molar-refractivity contribution in [1.29, 1.82) is 0 Å². The summed E-state index contributed by atoms with van der Waals surface area (Å²) < 4.78 is 13.0. The molecule has 3 heterocycles. The molecule has 0 amide bonds. The third kappa shape index (κ3) is 4.24. The fourth-order valence-corrected chi connectivity index (χ4v) is 5.38. The van der Waals surface area contributed by atoms with E-state index in [0.717, 1.165) is 10.4 Å². The maximum Gasteiger partial charge on any atom is 0.338 e. The highest BCUT2D eigenvalue weighted by molar-refractivity contribution is 7.10. The summed E-state index contributed by atoms with van der Waals surface area (Å²) in [5, 5.41) is 1.93. The Morgan fingerprint density at radius 1 is 1.31 bits per heavy atom. The van der Waals surface area contributed by atoms with Gasteiger partial charge in [-0.3, -0.25) is 9.36 Å². The standard InChI is InChI=1S/C24H22N2O4S2/c1-4-11-30-17-9-6-8-16(13-17)14-19-22(27)26-21(18-10-7-12-31-18)20(23(28)29-5-2)15(3)25-24(26)32-19/h4,6-10,12-14,21H,1,5,11H2,2-3H3/b19-14-/t21-/m0/s1. The number of hydrogen-bond donors (Lipinski definition) is 0. The van der Waals surface area contributed by atoms with Gasteiger partial charge in [0.25, 0.3) is 5.56 Å². The van der Waals surface area contributed by atoms with E-state index in [0.29, 0.717) is 33.0 Å². The number of carbonyl (C=O) groups is 1. The van der Waals surface area contributed by atoms with E-state index in [1.54, 1.807) is 24.5 Å². The van der Waals surface area contributed by atoms with Crippen LogP contribution in [0.5, 0.6) is 5.75 Å². The van der Waals surface area contributed by atoms with E-state index in [-0.39, 0.29) is 12.2 Å². The van der Waals surface area contributed by atoms with Crippen LogP contribution in [-0.4, -0.2) is 23.8 Å². The summed E-state index contributed by atoms with van der Waals surface area (Å²) in [4.78, 5) is 32.3. The number of fused-ring (bicyclic) bond motifs is 1. The van der Waals surface area contributed by atoms with Crippen molar-refractivity contribution in [2.75, 3.05) is 13.2 Å². The molecule has 0 radical (unpaired) electrons. The third-order valence-corrected chi connectivity index (χ3v) is 6.76. The molecule has 6 nitrogen and oxygen atoms in total. The van der Waals surface area contributed by atoms with E-state index in [1.165, 1.54) is 22.7 Å². The lowest BCUT2D eigenvalue weighted by molar-refractivity contribution is -0.139. The van der Waals surface area contributed by atoms with Gasteiger partial charge in [-0.25, -0.2) is 9.79 Å². The average Bonchev–Trinajstić information content (AvgIpc) is 3.41. The first kappa shape index (κ1) is 22.0. The minimum Gasteiger partial charge on any atom is -0.490 e. The van der Waals surface area contributed by atoms with E-state index >= 15 is 0 Å². The SMILES string of the molecule is C=CCOc1cccc(/C=c2\sc3n(c2=O)[C@@H](c2cccs2)C(C(=O)OCC)=C(C)N=3)c1. The molecular formula is C24H22N2O4S2. The van der Waals surface area contributed by atoms with Gasteiger partial charge >= 0.3 is 5.97 Å². The second-order valence-electron chi connectivity index (χ2n) is 6.99. The molecule has 1 atom stereocenters. The van der Waals surface area contributed by atoms with Crippen molar-refractivity contribution in [3.05, 3.63) is 95.8 Å². The molecule has 0 saturated heterocycles. The smallest absolute Gasteiger partial charge is 0.338 e. The molecule has 3 aromatic rings. The highest BCUT2D eigenvalue weighted by atomic mass is 32.1. The van der Waals surface area contributed by atoms with Crippen molar-refractivity contribution in [2.45, 2.75) is 19.9 Å². The lowest BCUT2D eigenvalue weighted by atomic mass is 10.0. The van der Waals surface area contributed by atoms with Gasteiger partial charge in [-0.05, 0) is 49.1 Å². The Labute approximate surface area is 193 Å². The van der Waals surface area contributed by atoms with Crippen LogP contribution in [0.15, 0.2) is 75.5 Å². The van der Waals surface area contributed by atoms with Gasteiger partial charge in [0, 0.05) is 4.88 Å². The first-order valence-corrected chi connectivity index (χ1v) is 11.8. The van der Waals surface area contributed by atoms with Crippen molar-refractivity contribution in [1.82, 2.24) is 4.57 Å². The minimum atomic E-state index is -0.560. The van der Waals surface area contributed by atoms with Crippen molar-refractivity contribution < 1.29 is 14.3 Å². The monoisotopic (exact) mass is 466 g/mol. The fourth-order valence-electron chi connectivity index (χ4n) is 3.51. The van der Waals surface area contributed by atoms with Crippen molar-refractivity contribution in [2.24, 2.45) is 4.99 Å². The van der Waals surface area contributed by atoms with E-state index in [2.05, 4.69) is 11.6 Å². The Bertz CT molecular complexity index is 1360. The molecule has 0 aliphatic carbocycles. The van der Waals surface area contributed by atoms with Crippen LogP contribution in [0, 0.1) is 0 Å². The van der Waals surface area contributed by atoms with Gasteiger partial charge in [0.05, 0.1) is 22.4 Å². The largest absolute Gasteiger partial charge is 0.490 e. The third-order valence-electron chi connectivity index (χ3n) is 4.85. The average molecular weight is 467 g/mol. The first-order chi connectivity index (χ1) is 15.5. The molecule has 164 valence electrons. The summed E-state index contributed by atoms with van der Waals surface area (Å²) >= 11 is 2.79. The van der Waals surface area contributed by atoms with Gasteiger partial charge in [-0.15, -0.1) is 11.3 Å². The van der Waals surface area contributed by atoms with Crippen molar-refractivity contribution in [3.63, 3.8) is 0 Å². The summed E-state index contributed by atoms with van der Waals surface area (Å²) in [6, 6.07) is 10.8. The van der Waals surface area contributed by atoms with Crippen molar-refractivity contribution in [3.8, 4) is 5.75 Å². The molecule has 1 aromatic carbocycles. The van der Waals surface area contributed by atoms with Crippen LogP contribution < -0.4 is 19.6 Å². The Morgan fingerprint density at radius 3 is 2.88 bits per heavy atom. The molecule has 32 heavy (non-hydrogen) atoms. The number of rotatable bonds is 7. The molecule has 0 saturated carbocycles. The molecular weight excluding hydrogens is 444 g/mol. The van der Waals surface area contributed by atoms with Crippen LogP contribution in [0.3, 0.4) is 0 Å². The molecule has 0 N–H and O–H groups in total. The Morgan fingerprint density at radius 2 is 2.16 bits per heavy atom. The number of ether oxygens (including phenoxy) is 2. The number of nitrogens with zero attached hydrogens (tertiary/aromatic N) is 2. The summed E-state index contributed by atoms with van der Waals surface area (Å²) in [5.74, 6) is 0.247. The Hall–Kier alpha value is -3.23. The minimum absolute atomic E-state index is 0.195. The van der Waals surface area contributed by atoms with E-state index in [1.807, 2.05) is 47.9 Å². The number of benzene rings is 1. The first-order valence-electron chi connectivity index (χ1n) is 10.1.